The Morgan fingerprint density at radius 2 is 2.04 bits per heavy atom. The summed E-state index contributed by atoms with van der Waals surface area (Å²) in [6.45, 7) is -0.242. The minimum Gasteiger partial charge on any atom is -0.386 e. The van der Waals surface area contributed by atoms with Crippen molar-refractivity contribution in [2.24, 2.45) is 5.16 Å². The van der Waals surface area contributed by atoms with E-state index in [0.29, 0.717) is 25.8 Å². The van der Waals surface area contributed by atoms with Crippen LogP contribution in [-0.4, -0.2) is 23.7 Å². The standard InChI is InChI=1S/C16H10Cl3N3O2S/c17-10-2-4-13-14(6-10)25-16(21-13)22-15(23)8-24-20-7-9-1-3-11(18)12(19)5-9/h1-7H,8H2,(H,21,22,23)/b20-7+. The summed E-state index contributed by atoms with van der Waals surface area (Å²) < 4.78 is 0.890. The number of carbonyl (C=O) groups is 1. The average molecular weight is 415 g/mol. The van der Waals surface area contributed by atoms with Gasteiger partial charge in [0.15, 0.2) is 11.7 Å². The lowest BCUT2D eigenvalue weighted by atomic mass is 10.2. The predicted octanol–water partition coefficient (Wildman–Crippen LogP) is 5.25. The third-order valence-electron chi connectivity index (χ3n) is 3.01. The van der Waals surface area contributed by atoms with Gasteiger partial charge in [-0.1, -0.05) is 57.4 Å². The molecule has 0 spiro atoms. The van der Waals surface area contributed by atoms with E-state index in [-0.39, 0.29) is 12.5 Å². The van der Waals surface area contributed by atoms with Crippen LogP contribution in [0.1, 0.15) is 5.56 Å². The molecule has 0 fully saturated rings. The molecule has 3 aromatic rings. The van der Waals surface area contributed by atoms with Crippen LogP contribution in [0.4, 0.5) is 5.13 Å². The van der Waals surface area contributed by atoms with E-state index >= 15 is 0 Å². The minimum absolute atomic E-state index is 0.242. The highest BCUT2D eigenvalue weighted by atomic mass is 35.5. The van der Waals surface area contributed by atoms with E-state index in [9.17, 15) is 4.79 Å². The Morgan fingerprint density at radius 3 is 2.84 bits per heavy atom. The molecule has 0 radical (unpaired) electrons. The van der Waals surface area contributed by atoms with Gasteiger partial charge in [0.05, 0.1) is 26.5 Å². The fourth-order valence-corrected chi connectivity index (χ4v) is 3.36. The minimum atomic E-state index is -0.364. The number of benzene rings is 2. The zero-order valence-corrected chi connectivity index (χ0v) is 15.6. The highest BCUT2D eigenvalue weighted by Gasteiger charge is 2.08. The van der Waals surface area contributed by atoms with Gasteiger partial charge in [-0.05, 0) is 35.9 Å². The summed E-state index contributed by atoms with van der Waals surface area (Å²) in [6, 6.07) is 10.4. The molecule has 2 aromatic carbocycles. The van der Waals surface area contributed by atoms with E-state index in [1.54, 1.807) is 36.4 Å². The fraction of sp³-hybridized carbons (Fsp3) is 0.0625. The maximum atomic E-state index is 11.9. The summed E-state index contributed by atoms with van der Waals surface area (Å²) in [6.07, 6.45) is 1.44. The second kappa shape index (κ2) is 8.01. The van der Waals surface area contributed by atoms with Crippen LogP contribution in [0.2, 0.25) is 15.1 Å². The normalized spacial score (nSPS) is 11.2. The maximum absolute atomic E-state index is 11.9. The molecular weight excluding hydrogens is 405 g/mol. The molecule has 0 aliphatic rings. The fourth-order valence-electron chi connectivity index (χ4n) is 1.89. The van der Waals surface area contributed by atoms with E-state index in [4.69, 9.17) is 39.6 Å². The first kappa shape index (κ1) is 17.9. The van der Waals surface area contributed by atoms with Crippen LogP contribution in [0.5, 0.6) is 0 Å². The Bertz CT molecular complexity index is 959. The van der Waals surface area contributed by atoms with Crippen LogP contribution in [-0.2, 0) is 9.63 Å². The molecule has 9 heteroatoms. The molecule has 5 nitrogen and oxygen atoms in total. The molecule has 1 aromatic heterocycles. The van der Waals surface area contributed by atoms with Gasteiger partial charge in [0, 0.05) is 5.02 Å². The van der Waals surface area contributed by atoms with Crippen molar-refractivity contribution in [3.05, 3.63) is 57.0 Å². The zero-order chi connectivity index (χ0) is 17.8. The topological polar surface area (TPSA) is 63.6 Å². The number of aromatic nitrogens is 1. The third kappa shape index (κ3) is 4.83. The number of fused-ring (bicyclic) bond motifs is 1. The summed E-state index contributed by atoms with van der Waals surface area (Å²) >= 11 is 19.0. The largest absolute Gasteiger partial charge is 0.386 e. The number of rotatable bonds is 5. The van der Waals surface area contributed by atoms with E-state index in [0.717, 1.165) is 10.2 Å². The molecule has 0 bridgehead atoms. The van der Waals surface area contributed by atoms with Gasteiger partial charge in [-0.3, -0.25) is 10.1 Å². The van der Waals surface area contributed by atoms with Crippen LogP contribution >= 0.6 is 46.1 Å². The molecule has 128 valence electrons. The van der Waals surface area contributed by atoms with Crippen LogP contribution < -0.4 is 5.32 Å². The lowest BCUT2D eigenvalue weighted by molar-refractivity contribution is -0.120. The van der Waals surface area contributed by atoms with Crippen molar-refractivity contribution < 1.29 is 9.63 Å². The smallest absolute Gasteiger partial charge is 0.266 e. The number of hydrogen-bond donors (Lipinski definition) is 1. The number of oxime groups is 1. The first-order valence-corrected chi connectivity index (χ1v) is 8.92. The van der Waals surface area contributed by atoms with Gasteiger partial charge in [0.1, 0.15) is 0 Å². The monoisotopic (exact) mass is 413 g/mol. The van der Waals surface area contributed by atoms with Crippen molar-refractivity contribution in [1.29, 1.82) is 0 Å². The summed E-state index contributed by atoms with van der Waals surface area (Å²) in [5, 5.41) is 8.34. The lowest BCUT2D eigenvalue weighted by Gasteiger charge is -2.00. The van der Waals surface area contributed by atoms with Gasteiger partial charge in [-0.15, -0.1) is 0 Å². The molecule has 25 heavy (non-hydrogen) atoms. The molecule has 1 heterocycles. The first-order valence-electron chi connectivity index (χ1n) is 6.97. The molecule has 0 saturated heterocycles. The van der Waals surface area contributed by atoms with Crippen LogP contribution in [0.25, 0.3) is 10.2 Å². The second-order valence-corrected chi connectivity index (χ2v) is 7.14. The molecule has 0 aliphatic carbocycles. The molecule has 1 amide bonds. The summed E-state index contributed by atoms with van der Waals surface area (Å²) in [5.41, 5.74) is 1.47. The predicted molar refractivity (Wildman–Crippen MR) is 103 cm³/mol. The van der Waals surface area contributed by atoms with Gasteiger partial charge in [-0.2, -0.15) is 0 Å². The van der Waals surface area contributed by atoms with Crippen molar-refractivity contribution in [2.75, 3.05) is 11.9 Å². The van der Waals surface area contributed by atoms with Crippen molar-refractivity contribution in [2.45, 2.75) is 0 Å². The molecular formula is C16H10Cl3N3O2S. The van der Waals surface area contributed by atoms with E-state index in [1.807, 2.05) is 0 Å². The van der Waals surface area contributed by atoms with Crippen LogP contribution in [0.15, 0.2) is 41.6 Å². The van der Waals surface area contributed by atoms with Crippen molar-refractivity contribution in [1.82, 2.24) is 4.98 Å². The number of hydrogen-bond acceptors (Lipinski definition) is 5. The maximum Gasteiger partial charge on any atom is 0.266 e. The Kier molecular flexibility index (Phi) is 5.75. The van der Waals surface area contributed by atoms with Crippen molar-refractivity contribution >= 4 is 73.6 Å². The molecule has 0 aliphatic heterocycles. The highest BCUT2D eigenvalue weighted by Crippen LogP contribution is 2.28. The zero-order valence-electron chi connectivity index (χ0n) is 12.5. The Hall–Kier alpha value is -1.86. The highest BCUT2D eigenvalue weighted by molar-refractivity contribution is 7.22. The quantitative estimate of drug-likeness (QED) is 0.458. The van der Waals surface area contributed by atoms with Gasteiger partial charge >= 0.3 is 0 Å². The first-order chi connectivity index (χ1) is 12.0. The molecule has 3 rings (SSSR count). The van der Waals surface area contributed by atoms with Crippen molar-refractivity contribution in [3.63, 3.8) is 0 Å². The van der Waals surface area contributed by atoms with Gasteiger partial charge < -0.3 is 4.84 Å². The number of carbonyl (C=O) groups excluding carboxylic acids is 1. The Morgan fingerprint density at radius 1 is 1.20 bits per heavy atom. The molecule has 0 unspecified atom stereocenters. The number of nitrogens with one attached hydrogen (secondary N) is 1. The number of halogens is 3. The number of nitrogens with zero attached hydrogens (tertiary/aromatic N) is 2. The summed E-state index contributed by atoms with van der Waals surface area (Å²) in [4.78, 5) is 21.1. The molecule has 1 N–H and O–H groups in total. The lowest BCUT2D eigenvalue weighted by Crippen LogP contribution is -2.16. The second-order valence-electron chi connectivity index (χ2n) is 4.86. The average Bonchev–Trinajstić information content (AvgIpc) is 2.96. The third-order valence-corrected chi connectivity index (χ3v) is 4.92. The Labute approximate surface area is 162 Å². The van der Waals surface area contributed by atoms with Gasteiger partial charge in [-0.25, -0.2) is 4.98 Å². The molecule has 0 saturated carbocycles. The van der Waals surface area contributed by atoms with E-state index < -0.39 is 0 Å². The van der Waals surface area contributed by atoms with Crippen LogP contribution in [0, 0.1) is 0 Å². The van der Waals surface area contributed by atoms with Crippen LogP contribution in [0.3, 0.4) is 0 Å². The summed E-state index contributed by atoms with van der Waals surface area (Å²) in [5.74, 6) is -0.364. The SMILES string of the molecule is O=C(CO/N=C/c1ccc(Cl)c(Cl)c1)Nc1nc2ccc(Cl)cc2s1. The number of amides is 1. The number of thiazole rings is 1. The summed E-state index contributed by atoms with van der Waals surface area (Å²) in [7, 11) is 0. The van der Waals surface area contributed by atoms with Gasteiger partial charge in [0.2, 0.25) is 0 Å². The van der Waals surface area contributed by atoms with Crippen molar-refractivity contribution in [3.8, 4) is 0 Å². The van der Waals surface area contributed by atoms with E-state index in [2.05, 4.69) is 15.5 Å². The number of anilines is 1. The van der Waals surface area contributed by atoms with Gasteiger partial charge in [0.25, 0.3) is 5.91 Å². The van der Waals surface area contributed by atoms with E-state index in [1.165, 1.54) is 17.6 Å². The Balaban J connectivity index is 1.53. The molecule has 0 atom stereocenters.